The van der Waals surface area contributed by atoms with Gasteiger partial charge in [-0.1, -0.05) is 12.8 Å². The van der Waals surface area contributed by atoms with Gasteiger partial charge in [0, 0.05) is 12.7 Å². The maximum atomic E-state index is 12.3. The Labute approximate surface area is 122 Å². The van der Waals surface area contributed by atoms with E-state index in [1.165, 1.54) is 17.1 Å². The largest absolute Gasteiger partial charge is 0.480 e. The Balaban J connectivity index is 1.98. The number of aromatic nitrogens is 2. The van der Waals surface area contributed by atoms with Crippen molar-refractivity contribution in [3.63, 3.8) is 0 Å². The SMILES string of the molecule is O=C(O)Cn1cc(NC(=O)N2CCCCCC2CO)cn1. The van der Waals surface area contributed by atoms with Gasteiger partial charge in [-0.2, -0.15) is 5.10 Å². The van der Waals surface area contributed by atoms with Gasteiger partial charge in [-0.15, -0.1) is 0 Å². The van der Waals surface area contributed by atoms with Crippen LogP contribution in [0.5, 0.6) is 0 Å². The molecular weight excluding hydrogens is 276 g/mol. The van der Waals surface area contributed by atoms with Crippen molar-refractivity contribution in [2.45, 2.75) is 38.3 Å². The molecule has 0 bridgehead atoms. The Morgan fingerprint density at radius 2 is 2.19 bits per heavy atom. The summed E-state index contributed by atoms with van der Waals surface area (Å²) in [4.78, 5) is 24.5. The number of carboxylic acid groups (broad SMARTS) is 1. The van der Waals surface area contributed by atoms with E-state index >= 15 is 0 Å². The molecule has 2 heterocycles. The zero-order valence-corrected chi connectivity index (χ0v) is 11.7. The van der Waals surface area contributed by atoms with E-state index in [0.29, 0.717) is 12.2 Å². The molecule has 0 aromatic carbocycles. The summed E-state index contributed by atoms with van der Waals surface area (Å²) in [5.74, 6) is -0.996. The third-order valence-electron chi connectivity index (χ3n) is 3.53. The van der Waals surface area contributed by atoms with Gasteiger partial charge in [0.2, 0.25) is 0 Å². The molecular formula is C13H20N4O4. The highest BCUT2D eigenvalue weighted by Crippen LogP contribution is 2.18. The molecule has 2 amide bonds. The topological polar surface area (TPSA) is 108 Å². The smallest absolute Gasteiger partial charge is 0.325 e. The monoisotopic (exact) mass is 296 g/mol. The Morgan fingerprint density at radius 3 is 2.90 bits per heavy atom. The predicted octanol–water partition coefficient (Wildman–Crippen LogP) is 0.736. The maximum Gasteiger partial charge on any atom is 0.325 e. The molecule has 0 aliphatic carbocycles. The first-order chi connectivity index (χ1) is 10.1. The third-order valence-corrected chi connectivity index (χ3v) is 3.53. The van der Waals surface area contributed by atoms with E-state index in [9.17, 15) is 14.7 Å². The number of carboxylic acids is 1. The van der Waals surface area contributed by atoms with Gasteiger partial charge in [-0.3, -0.25) is 9.48 Å². The molecule has 2 rings (SSSR count). The van der Waals surface area contributed by atoms with Gasteiger partial charge in [0.1, 0.15) is 6.54 Å². The number of anilines is 1. The number of aliphatic hydroxyl groups excluding tert-OH is 1. The van der Waals surface area contributed by atoms with Gasteiger partial charge >= 0.3 is 12.0 Å². The summed E-state index contributed by atoms with van der Waals surface area (Å²) in [6.07, 6.45) is 6.65. The van der Waals surface area contributed by atoms with Crippen molar-refractivity contribution < 1.29 is 19.8 Å². The second-order valence-corrected chi connectivity index (χ2v) is 5.13. The van der Waals surface area contributed by atoms with Crippen LogP contribution < -0.4 is 5.32 Å². The van der Waals surface area contributed by atoms with Crippen molar-refractivity contribution in [1.82, 2.24) is 14.7 Å². The molecule has 1 fully saturated rings. The molecule has 1 aliphatic heterocycles. The summed E-state index contributed by atoms with van der Waals surface area (Å²) in [5, 5.41) is 24.6. The lowest BCUT2D eigenvalue weighted by Crippen LogP contribution is -2.44. The molecule has 1 unspecified atom stereocenters. The van der Waals surface area contributed by atoms with Crippen molar-refractivity contribution in [2.24, 2.45) is 0 Å². The van der Waals surface area contributed by atoms with Crippen LogP contribution in [0, 0.1) is 0 Å². The van der Waals surface area contributed by atoms with Gasteiger partial charge in [0.15, 0.2) is 0 Å². The fourth-order valence-electron chi connectivity index (χ4n) is 2.48. The number of nitrogens with one attached hydrogen (secondary N) is 1. The van der Waals surface area contributed by atoms with Gasteiger partial charge in [-0.05, 0) is 12.8 Å². The number of likely N-dealkylation sites (tertiary alicyclic amines) is 1. The first kappa shape index (κ1) is 15.3. The van der Waals surface area contributed by atoms with Crippen molar-refractivity contribution in [3.8, 4) is 0 Å². The van der Waals surface area contributed by atoms with Gasteiger partial charge < -0.3 is 20.4 Å². The van der Waals surface area contributed by atoms with E-state index in [-0.39, 0.29) is 25.2 Å². The molecule has 116 valence electrons. The van der Waals surface area contributed by atoms with Crippen molar-refractivity contribution >= 4 is 17.7 Å². The first-order valence-electron chi connectivity index (χ1n) is 7.03. The molecule has 0 spiro atoms. The second kappa shape index (κ2) is 7.07. The zero-order chi connectivity index (χ0) is 15.2. The lowest BCUT2D eigenvalue weighted by molar-refractivity contribution is -0.137. The minimum Gasteiger partial charge on any atom is -0.480 e. The van der Waals surface area contributed by atoms with E-state index < -0.39 is 5.97 Å². The average Bonchev–Trinajstić information content (AvgIpc) is 2.73. The van der Waals surface area contributed by atoms with E-state index in [1.54, 1.807) is 4.90 Å². The zero-order valence-electron chi connectivity index (χ0n) is 11.7. The maximum absolute atomic E-state index is 12.3. The van der Waals surface area contributed by atoms with Gasteiger partial charge in [0.25, 0.3) is 0 Å². The predicted molar refractivity (Wildman–Crippen MR) is 74.9 cm³/mol. The molecule has 0 radical (unpaired) electrons. The number of hydrogen-bond donors (Lipinski definition) is 3. The molecule has 1 aliphatic rings. The van der Waals surface area contributed by atoms with Crippen LogP contribution in [0.3, 0.4) is 0 Å². The lowest BCUT2D eigenvalue weighted by Gasteiger charge is -2.28. The summed E-state index contributed by atoms with van der Waals surface area (Å²) in [6, 6.07) is -0.451. The molecule has 1 saturated heterocycles. The van der Waals surface area contributed by atoms with Gasteiger partial charge in [-0.25, -0.2) is 4.79 Å². The number of carbonyl (C=O) groups excluding carboxylic acids is 1. The summed E-state index contributed by atoms with van der Waals surface area (Å²) in [6.45, 7) is 0.310. The average molecular weight is 296 g/mol. The molecule has 1 aromatic heterocycles. The van der Waals surface area contributed by atoms with E-state index in [0.717, 1.165) is 25.7 Å². The van der Waals surface area contributed by atoms with E-state index in [1.807, 2.05) is 0 Å². The van der Waals surface area contributed by atoms with Crippen LogP contribution in [0.25, 0.3) is 0 Å². The van der Waals surface area contributed by atoms with Crippen LogP contribution >= 0.6 is 0 Å². The minimum atomic E-state index is -0.996. The van der Waals surface area contributed by atoms with Gasteiger partial charge in [0.05, 0.1) is 24.5 Å². The van der Waals surface area contributed by atoms with Crippen LogP contribution in [-0.2, 0) is 11.3 Å². The minimum absolute atomic E-state index is 0.0499. The molecule has 21 heavy (non-hydrogen) atoms. The summed E-state index contributed by atoms with van der Waals surface area (Å²) in [7, 11) is 0. The molecule has 0 saturated carbocycles. The standard InChI is InChI=1S/C13H20N4O4/c18-9-11-4-2-1-3-5-17(11)13(21)15-10-6-14-16(7-10)8-12(19)20/h6-7,11,18H,1-5,8-9H2,(H,15,21)(H,19,20). The van der Waals surface area contributed by atoms with Crippen molar-refractivity contribution in [3.05, 3.63) is 12.4 Å². The highest BCUT2D eigenvalue weighted by atomic mass is 16.4. The number of aliphatic carboxylic acids is 1. The number of aliphatic hydroxyl groups is 1. The normalized spacial score (nSPS) is 19.1. The molecule has 8 nitrogen and oxygen atoms in total. The fraction of sp³-hybridized carbons (Fsp3) is 0.615. The Bertz CT molecular complexity index is 502. The number of carbonyl (C=O) groups is 2. The van der Waals surface area contributed by atoms with Crippen LogP contribution in [0.15, 0.2) is 12.4 Å². The van der Waals surface area contributed by atoms with Crippen molar-refractivity contribution in [2.75, 3.05) is 18.5 Å². The van der Waals surface area contributed by atoms with Crippen LogP contribution in [-0.4, -0.2) is 56.1 Å². The number of hydrogen-bond acceptors (Lipinski definition) is 4. The highest BCUT2D eigenvalue weighted by Gasteiger charge is 2.25. The number of amides is 2. The van der Waals surface area contributed by atoms with Crippen LogP contribution in [0.2, 0.25) is 0 Å². The fourth-order valence-corrected chi connectivity index (χ4v) is 2.48. The summed E-state index contributed by atoms with van der Waals surface area (Å²) in [5.41, 5.74) is 0.446. The summed E-state index contributed by atoms with van der Waals surface area (Å²) >= 11 is 0. The first-order valence-corrected chi connectivity index (χ1v) is 7.03. The number of urea groups is 1. The van der Waals surface area contributed by atoms with E-state index in [4.69, 9.17) is 5.11 Å². The van der Waals surface area contributed by atoms with Crippen molar-refractivity contribution in [1.29, 1.82) is 0 Å². The highest BCUT2D eigenvalue weighted by molar-refractivity contribution is 5.89. The quantitative estimate of drug-likeness (QED) is 0.759. The molecule has 3 N–H and O–H groups in total. The van der Waals surface area contributed by atoms with Crippen LogP contribution in [0.1, 0.15) is 25.7 Å². The number of rotatable bonds is 4. The Hall–Kier alpha value is -2.09. The second-order valence-electron chi connectivity index (χ2n) is 5.13. The number of nitrogens with zero attached hydrogens (tertiary/aromatic N) is 3. The molecule has 8 heteroatoms. The van der Waals surface area contributed by atoms with Crippen LogP contribution in [0.4, 0.5) is 10.5 Å². The lowest BCUT2D eigenvalue weighted by atomic mass is 10.1. The van der Waals surface area contributed by atoms with E-state index in [2.05, 4.69) is 10.4 Å². The Kier molecular flexibility index (Phi) is 5.15. The summed E-state index contributed by atoms with van der Waals surface area (Å²) < 4.78 is 1.24. The Morgan fingerprint density at radius 1 is 1.38 bits per heavy atom. The molecule has 1 aromatic rings. The molecule has 1 atom stereocenters. The third kappa shape index (κ3) is 4.19.